The van der Waals surface area contributed by atoms with Gasteiger partial charge >= 0.3 is 0 Å². The van der Waals surface area contributed by atoms with Crippen molar-refractivity contribution in [2.75, 3.05) is 56.7 Å². The summed E-state index contributed by atoms with van der Waals surface area (Å²) in [5, 5.41) is 3.34. The number of nitrogens with two attached hydrogens (primary N) is 1. The molecule has 0 unspecified atom stereocenters. The maximum atomic E-state index is 13.4. The molecule has 2 aromatic rings. The quantitative estimate of drug-likeness (QED) is 0.819. The van der Waals surface area contributed by atoms with E-state index in [0.29, 0.717) is 0 Å². The summed E-state index contributed by atoms with van der Waals surface area (Å²) in [6, 6.07) is 6.93. The molecule has 5 nitrogen and oxygen atoms in total. The number of likely N-dealkylation sites (N-methyl/N-ethyl adjacent to an activating group) is 2. The molecule has 3 N–H and O–H groups in total. The molecule has 0 aliphatic carbocycles. The van der Waals surface area contributed by atoms with Crippen LogP contribution in [0.4, 0.5) is 21.6 Å². The van der Waals surface area contributed by atoms with E-state index in [-0.39, 0.29) is 11.5 Å². The molecule has 1 aromatic carbocycles. The van der Waals surface area contributed by atoms with E-state index in [0.717, 1.165) is 47.8 Å². The maximum absolute atomic E-state index is 13.4. The van der Waals surface area contributed by atoms with E-state index < -0.39 is 0 Å². The average Bonchev–Trinajstić information content (AvgIpc) is 2.57. The number of hydrogen-bond donors (Lipinski definition) is 2. The second kappa shape index (κ2) is 7.11. The van der Waals surface area contributed by atoms with Crippen LogP contribution in [0.1, 0.15) is 11.1 Å². The van der Waals surface area contributed by atoms with Gasteiger partial charge in [-0.2, -0.15) is 0 Å². The average molecular weight is 341 g/mol. The molecule has 0 saturated heterocycles. The highest BCUT2D eigenvalue weighted by Crippen LogP contribution is 2.33. The third-order valence-corrected chi connectivity index (χ3v) is 4.29. The van der Waals surface area contributed by atoms with Crippen LogP contribution in [0.3, 0.4) is 0 Å². The zero-order valence-electron chi connectivity index (χ0n) is 14.9. The number of nitrogen functional groups attached to an aromatic ring is 1. The predicted molar refractivity (Wildman–Crippen MR) is 103 cm³/mol. The molecule has 3 rings (SSSR count). The van der Waals surface area contributed by atoms with E-state index in [2.05, 4.69) is 32.2 Å². The van der Waals surface area contributed by atoms with Gasteiger partial charge < -0.3 is 20.9 Å². The lowest BCUT2D eigenvalue weighted by Crippen LogP contribution is -2.24. The van der Waals surface area contributed by atoms with Crippen LogP contribution < -0.4 is 16.0 Å². The number of aromatic nitrogens is 1. The first-order valence-corrected chi connectivity index (χ1v) is 8.30. The Bertz CT molecular complexity index is 800. The van der Waals surface area contributed by atoms with Gasteiger partial charge in [-0.15, -0.1) is 0 Å². The minimum atomic E-state index is -0.385. The van der Waals surface area contributed by atoms with Crippen LogP contribution in [0.15, 0.2) is 30.5 Å². The molecule has 0 radical (unpaired) electrons. The third kappa shape index (κ3) is 3.91. The Morgan fingerprint density at radius 1 is 1.32 bits per heavy atom. The third-order valence-electron chi connectivity index (χ3n) is 4.29. The smallest absolute Gasteiger partial charge is 0.146 e. The molecule has 2 heterocycles. The van der Waals surface area contributed by atoms with E-state index in [1.54, 1.807) is 12.1 Å². The number of pyridine rings is 1. The summed E-state index contributed by atoms with van der Waals surface area (Å²) in [7, 11) is 6.14. The van der Waals surface area contributed by atoms with Gasteiger partial charge in [0.2, 0.25) is 0 Å². The SMILES string of the molecule is CN(C)CCNc1cc2c(cn1)C=C(c1ccc(F)c(N)c1)CN2C. The zero-order valence-corrected chi connectivity index (χ0v) is 14.9. The molecule has 0 saturated carbocycles. The minimum Gasteiger partial charge on any atom is -0.396 e. The number of hydrogen-bond acceptors (Lipinski definition) is 5. The standard InChI is InChI=1S/C19H24FN5/c1-24(2)7-6-22-19-10-18-14(11-23-19)8-15(12-25(18)3)13-4-5-16(20)17(21)9-13/h4-5,8-11H,6-7,12,21H2,1-3H3,(H,22,23). The van der Waals surface area contributed by atoms with Crippen molar-refractivity contribution in [3.05, 3.63) is 47.4 Å². The van der Waals surface area contributed by atoms with Gasteiger partial charge in [0.25, 0.3) is 0 Å². The lowest BCUT2D eigenvalue weighted by Gasteiger charge is -2.28. The van der Waals surface area contributed by atoms with Crippen molar-refractivity contribution < 1.29 is 4.39 Å². The van der Waals surface area contributed by atoms with E-state index in [9.17, 15) is 4.39 Å². The van der Waals surface area contributed by atoms with Gasteiger partial charge in [-0.3, -0.25) is 0 Å². The summed E-state index contributed by atoms with van der Waals surface area (Å²) in [4.78, 5) is 8.79. The molecule has 0 fully saturated rings. The van der Waals surface area contributed by atoms with Gasteiger partial charge in [0.1, 0.15) is 11.6 Å². The van der Waals surface area contributed by atoms with E-state index in [1.807, 2.05) is 27.3 Å². The number of halogens is 1. The van der Waals surface area contributed by atoms with Gasteiger partial charge in [-0.25, -0.2) is 9.37 Å². The van der Waals surface area contributed by atoms with Crippen LogP contribution in [-0.2, 0) is 0 Å². The fraction of sp³-hybridized carbons (Fsp3) is 0.316. The number of anilines is 3. The Labute approximate surface area is 148 Å². The zero-order chi connectivity index (χ0) is 18.0. The van der Waals surface area contributed by atoms with Gasteiger partial charge in [0.15, 0.2) is 0 Å². The molecule has 0 spiro atoms. The van der Waals surface area contributed by atoms with Gasteiger partial charge in [0.05, 0.1) is 5.69 Å². The van der Waals surface area contributed by atoms with Crippen molar-refractivity contribution in [1.82, 2.24) is 9.88 Å². The topological polar surface area (TPSA) is 57.4 Å². The first-order chi connectivity index (χ1) is 11.9. The Morgan fingerprint density at radius 3 is 2.84 bits per heavy atom. The Kier molecular flexibility index (Phi) is 4.90. The molecule has 1 aliphatic heterocycles. The lowest BCUT2D eigenvalue weighted by molar-refractivity contribution is 0.425. The fourth-order valence-corrected chi connectivity index (χ4v) is 2.89. The molecule has 6 heteroatoms. The van der Waals surface area contributed by atoms with Crippen LogP contribution in [-0.4, -0.2) is 50.7 Å². The normalized spacial score (nSPS) is 13.6. The minimum absolute atomic E-state index is 0.172. The van der Waals surface area contributed by atoms with Crippen molar-refractivity contribution in [1.29, 1.82) is 0 Å². The Hall–Kier alpha value is -2.60. The summed E-state index contributed by atoms with van der Waals surface area (Å²) < 4.78 is 13.4. The van der Waals surface area contributed by atoms with Gasteiger partial charge in [-0.1, -0.05) is 6.07 Å². The maximum Gasteiger partial charge on any atom is 0.146 e. The Balaban J connectivity index is 1.84. The molecule has 0 atom stereocenters. The second-order valence-corrected chi connectivity index (χ2v) is 6.62. The van der Waals surface area contributed by atoms with E-state index in [4.69, 9.17) is 5.73 Å². The van der Waals surface area contributed by atoms with Gasteiger partial charge in [0, 0.05) is 50.2 Å². The molecule has 1 aliphatic rings. The van der Waals surface area contributed by atoms with Crippen LogP contribution >= 0.6 is 0 Å². The number of nitrogens with one attached hydrogen (secondary N) is 1. The van der Waals surface area contributed by atoms with Crippen molar-refractivity contribution >= 4 is 28.8 Å². The highest BCUT2D eigenvalue weighted by Gasteiger charge is 2.17. The molecular weight excluding hydrogens is 317 g/mol. The largest absolute Gasteiger partial charge is 0.396 e. The lowest BCUT2D eigenvalue weighted by atomic mass is 9.98. The Morgan fingerprint density at radius 2 is 2.12 bits per heavy atom. The van der Waals surface area contributed by atoms with Crippen molar-refractivity contribution in [3.63, 3.8) is 0 Å². The number of nitrogens with zero attached hydrogens (tertiary/aromatic N) is 3. The number of rotatable bonds is 5. The van der Waals surface area contributed by atoms with E-state index in [1.165, 1.54) is 6.07 Å². The second-order valence-electron chi connectivity index (χ2n) is 6.62. The summed E-state index contributed by atoms with van der Waals surface area (Å²) in [5.74, 6) is 0.486. The van der Waals surface area contributed by atoms with E-state index >= 15 is 0 Å². The highest BCUT2D eigenvalue weighted by atomic mass is 19.1. The fourth-order valence-electron chi connectivity index (χ4n) is 2.89. The highest BCUT2D eigenvalue weighted by molar-refractivity contribution is 5.91. The number of benzene rings is 1. The monoisotopic (exact) mass is 341 g/mol. The van der Waals surface area contributed by atoms with Crippen LogP contribution in [0, 0.1) is 5.82 Å². The molecule has 132 valence electrons. The summed E-state index contributed by atoms with van der Waals surface area (Å²) in [6.07, 6.45) is 3.97. The van der Waals surface area contributed by atoms with Crippen molar-refractivity contribution in [2.24, 2.45) is 0 Å². The summed E-state index contributed by atoms with van der Waals surface area (Å²) in [5.41, 5.74) is 10.1. The first-order valence-electron chi connectivity index (χ1n) is 8.30. The van der Waals surface area contributed by atoms with Crippen molar-refractivity contribution in [3.8, 4) is 0 Å². The molecule has 25 heavy (non-hydrogen) atoms. The van der Waals surface area contributed by atoms with Crippen LogP contribution in [0.25, 0.3) is 11.6 Å². The summed E-state index contributed by atoms with van der Waals surface area (Å²) >= 11 is 0. The van der Waals surface area contributed by atoms with Crippen molar-refractivity contribution in [2.45, 2.75) is 0 Å². The predicted octanol–water partition coefficient (Wildman–Crippen LogP) is 2.77. The molecule has 1 aromatic heterocycles. The van der Waals surface area contributed by atoms with Crippen LogP contribution in [0.2, 0.25) is 0 Å². The van der Waals surface area contributed by atoms with Gasteiger partial charge in [-0.05, 0) is 43.4 Å². The molecule has 0 bridgehead atoms. The molecular formula is C19H24FN5. The van der Waals surface area contributed by atoms with Crippen LogP contribution in [0.5, 0.6) is 0 Å². The first kappa shape index (κ1) is 17.2. The number of fused-ring (bicyclic) bond motifs is 1. The summed E-state index contributed by atoms with van der Waals surface area (Å²) in [6.45, 7) is 2.53. The molecule has 0 amide bonds.